The van der Waals surface area contributed by atoms with Crippen LogP contribution in [0.3, 0.4) is 0 Å². The lowest BCUT2D eigenvalue weighted by atomic mass is 9.60. The molecule has 0 saturated heterocycles. The average molecular weight is 657 g/mol. The summed E-state index contributed by atoms with van der Waals surface area (Å²) in [4.78, 5) is 0. The number of rotatable bonds is 8. The number of hydrogen-bond acceptors (Lipinski definition) is 4. The molecule has 4 heteroatoms. The Balaban J connectivity index is 1.83. The third kappa shape index (κ3) is 5.54. The third-order valence-corrected chi connectivity index (χ3v) is 10.7. The van der Waals surface area contributed by atoms with Gasteiger partial charge in [0.05, 0.1) is 33.9 Å². The van der Waals surface area contributed by atoms with Crippen molar-refractivity contribution >= 4 is 0 Å². The quantitative estimate of drug-likeness (QED) is 0.156. The van der Waals surface area contributed by atoms with Gasteiger partial charge in [-0.15, -0.1) is 0 Å². The molecule has 0 bridgehead atoms. The molecule has 0 atom stereocenters. The van der Waals surface area contributed by atoms with Crippen LogP contribution in [0.4, 0.5) is 0 Å². The SMILES string of the molecule is COc1ccc(C(C2=CC=CC2)(c2ccc(OC)c(OC)c2)c2c(C)c(C(C)(C)C)cc3c2Cc2cc(C)c(C(C)(C)C)cc2-3)cc1OC. The highest BCUT2D eigenvalue weighted by molar-refractivity contribution is 5.84. The van der Waals surface area contributed by atoms with E-state index < -0.39 is 5.41 Å². The lowest BCUT2D eigenvalue weighted by Crippen LogP contribution is -2.35. The molecular weight excluding hydrogens is 604 g/mol. The van der Waals surface area contributed by atoms with E-state index in [4.69, 9.17) is 18.9 Å². The highest BCUT2D eigenvalue weighted by Gasteiger charge is 2.46. The van der Waals surface area contributed by atoms with Crippen LogP contribution < -0.4 is 18.9 Å². The van der Waals surface area contributed by atoms with Crippen molar-refractivity contribution in [3.63, 3.8) is 0 Å². The van der Waals surface area contributed by atoms with E-state index in [1.807, 2.05) is 12.1 Å². The smallest absolute Gasteiger partial charge is 0.161 e. The van der Waals surface area contributed by atoms with E-state index >= 15 is 0 Å². The van der Waals surface area contributed by atoms with Gasteiger partial charge in [0.1, 0.15) is 0 Å². The van der Waals surface area contributed by atoms with E-state index in [1.54, 1.807) is 28.4 Å². The number of aryl methyl sites for hydroxylation is 1. The van der Waals surface area contributed by atoms with Gasteiger partial charge >= 0.3 is 0 Å². The molecule has 6 rings (SSSR count). The average Bonchev–Trinajstić information content (AvgIpc) is 3.72. The van der Waals surface area contributed by atoms with Crippen LogP contribution >= 0.6 is 0 Å². The summed E-state index contributed by atoms with van der Waals surface area (Å²) < 4.78 is 23.5. The predicted molar refractivity (Wildman–Crippen MR) is 202 cm³/mol. The van der Waals surface area contributed by atoms with Crippen LogP contribution in [-0.2, 0) is 22.7 Å². The molecule has 0 saturated carbocycles. The Morgan fingerprint density at radius 1 is 0.592 bits per heavy atom. The van der Waals surface area contributed by atoms with Crippen LogP contribution in [0.2, 0.25) is 0 Å². The van der Waals surface area contributed by atoms with E-state index in [9.17, 15) is 0 Å². The van der Waals surface area contributed by atoms with Crippen LogP contribution in [0, 0.1) is 13.8 Å². The van der Waals surface area contributed by atoms with Crippen molar-refractivity contribution in [1.82, 2.24) is 0 Å². The molecule has 0 unspecified atom stereocenters. The molecular formula is C45H52O4. The normalized spacial score (nSPS) is 14.0. The maximum atomic E-state index is 5.99. The van der Waals surface area contributed by atoms with Crippen molar-refractivity contribution in [2.45, 2.75) is 84.5 Å². The summed E-state index contributed by atoms with van der Waals surface area (Å²) in [5.41, 5.74) is 15.0. The third-order valence-electron chi connectivity index (χ3n) is 10.7. The van der Waals surface area contributed by atoms with Gasteiger partial charge < -0.3 is 18.9 Å². The fourth-order valence-corrected chi connectivity index (χ4v) is 8.56. The summed E-state index contributed by atoms with van der Waals surface area (Å²) in [6, 6.07) is 20.3. The second-order valence-corrected chi connectivity index (χ2v) is 15.7. The summed E-state index contributed by atoms with van der Waals surface area (Å²) in [6.45, 7) is 18.6. The molecule has 4 aromatic rings. The molecule has 0 aliphatic heterocycles. The fourth-order valence-electron chi connectivity index (χ4n) is 8.56. The number of fused-ring (bicyclic) bond motifs is 3. The summed E-state index contributed by atoms with van der Waals surface area (Å²) in [7, 11) is 6.81. The Labute approximate surface area is 293 Å². The molecule has 4 nitrogen and oxygen atoms in total. The Morgan fingerprint density at radius 2 is 1.12 bits per heavy atom. The van der Waals surface area contributed by atoms with Crippen LogP contribution in [0.15, 0.2) is 78.4 Å². The molecule has 0 spiro atoms. The zero-order valence-corrected chi connectivity index (χ0v) is 31.5. The van der Waals surface area contributed by atoms with Gasteiger partial charge in [-0.1, -0.05) is 90.1 Å². The molecule has 2 aliphatic carbocycles. The first-order chi connectivity index (χ1) is 23.2. The van der Waals surface area contributed by atoms with Crippen LogP contribution in [0.5, 0.6) is 23.0 Å². The minimum absolute atomic E-state index is 0.0334. The standard InChI is InChI=1S/C45H52O4/c1-27-21-29-22-35-34(33(29)25-36(27)43(3,4)5)26-37(44(6,7)8)28(2)42(35)45(30-15-13-14-16-30,31-17-19-38(46-9)40(23-31)48-11)32-18-20-39(47-10)41(24-32)49-12/h13-15,17-21,23-26H,16,22H2,1-12H3. The van der Waals surface area contributed by atoms with E-state index in [0.29, 0.717) is 23.0 Å². The molecule has 0 heterocycles. The van der Waals surface area contributed by atoms with E-state index in [2.05, 4.69) is 116 Å². The summed E-state index contributed by atoms with van der Waals surface area (Å²) in [5, 5.41) is 0. The first kappa shape index (κ1) is 34.4. The van der Waals surface area contributed by atoms with Gasteiger partial charge in [0.25, 0.3) is 0 Å². The molecule has 2 aliphatic rings. The summed E-state index contributed by atoms with van der Waals surface area (Å²) >= 11 is 0. The second kappa shape index (κ2) is 12.5. The van der Waals surface area contributed by atoms with Gasteiger partial charge in [-0.05, 0) is 129 Å². The topological polar surface area (TPSA) is 36.9 Å². The van der Waals surface area contributed by atoms with Crippen molar-refractivity contribution in [2.24, 2.45) is 0 Å². The molecule has 0 fully saturated rings. The monoisotopic (exact) mass is 656 g/mol. The predicted octanol–water partition coefficient (Wildman–Crippen LogP) is 10.7. The van der Waals surface area contributed by atoms with Crippen molar-refractivity contribution in [3.05, 3.63) is 128 Å². The van der Waals surface area contributed by atoms with Crippen LogP contribution in [-0.4, -0.2) is 28.4 Å². The van der Waals surface area contributed by atoms with Crippen molar-refractivity contribution < 1.29 is 18.9 Å². The van der Waals surface area contributed by atoms with E-state index in [-0.39, 0.29) is 10.8 Å². The van der Waals surface area contributed by atoms with Crippen molar-refractivity contribution in [2.75, 3.05) is 28.4 Å². The van der Waals surface area contributed by atoms with Crippen LogP contribution in [0.25, 0.3) is 11.1 Å². The number of ether oxygens (including phenoxy) is 4. The Morgan fingerprint density at radius 3 is 1.59 bits per heavy atom. The number of methoxy groups -OCH3 is 4. The molecule has 0 amide bonds. The number of allylic oxidation sites excluding steroid dienone is 4. The lowest BCUT2D eigenvalue weighted by molar-refractivity contribution is 0.353. The Hall–Kier alpha value is -4.44. The highest BCUT2D eigenvalue weighted by Crippen LogP contribution is 2.57. The minimum Gasteiger partial charge on any atom is -0.493 e. The second-order valence-electron chi connectivity index (χ2n) is 15.7. The zero-order chi connectivity index (χ0) is 35.5. The highest BCUT2D eigenvalue weighted by atomic mass is 16.5. The number of hydrogen-bond donors (Lipinski definition) is 0. The van der Waals surface area contributed by atoms with Gasteiger partial charge in [-0.2, -0.15) is 0 Å². The molecule has 49 heavy (non-hydrogen) atoms. The lowest BCUT2D eigenvalue weighted by Gasteiger charge is -2.42. The first-order valence-corrected chi connectivity index (χ1v) is 17.3. The number of benzene rings is 4. The van der Waals surface area contributed by atoms with E-state index in [1.165, 1.54) is 55.6 Å². The summed E-state index contributed by atoms with van der Waals surface area (Å²) in [6.07, 6.45) is 8.45. The first-order valence-electron chi connectivity index (χ1n) is 17.3. The fraction of sp³-hybridized carbons (Fsp3) is 0.378. The van der Waals surface area contributed by atoms with Gasteiger partial charge in [0.2, 0.25) is 0 Å². The maximum absolute atomic E-state index is 5.99. The van der Waals surface area contributed by atoms with Crippen molar-refractivity contribution in [3.8, 4) is 34.1 Å². The summed E-state index contributed by atoms with van der Waals surface area (Å²) in [5.74, 6) is 2.81. The van der Waals surface area contributed by atoms with Crippen LogP contribution in [0.1, 0.15) is 98.0 Å². The van der Waals surface area contributed by atoms with Crippen molar-refractivity contribution in [1.29, 1.82) is 0 Å². The molecule has 256 valence electrons. The molecule has 0 N–H and O–H groups in total. The van der Waals surface area contributed by atoms with Gasteiger partial charge in [0, 0.05) is 0 Å². The van der Waals surface area contributed by atoms with Gasteiger partial charge in [0.15, 0.2) is 23.0 Å². The van der Waals surface area contributed by atoms with Gasteiger partial charge in [-0.25, -0.2) is 0 Å². The van der Waals surface area contributed by atoms with E-state index in [0.717, 1.165) is 24.0 Å². The zero-order valence-electron chi connectivity index (χ0n) is 31.5. The maximum Gasteiger partial charge on any atom is 0.161 e. The largest absolute Gasteiger partial charge is 0.493 e. The minimum atomic E-state index is -0.692. The molecule has 0 aromatic heterocycles. The van der Waals surface area contributed by atoms with Gasteiger partial charge in [-0.3, -0.25) is 0 Å². The Kier molecular flexibility index (Phi) is 8.76. The molecule has 0 radical (unpaired) electrons. The Bertz CT molecular complexity index is 1940. The molecule has 4 aromatic carbocycles.